The normalized spacial score (nSPS) is 15.8. The van der Waals surface area contributed by atoms with Crippen LogP contribution in [0.2, 0.25) is 0 Å². The van der Waals surface area contributed by atoms with Crippen LogP contribution in [0.3, 0.4) is 0 Å². The predicted octanol–water partition coefficient (Wildman–Crippen LogP) is 2.46. The molecule has 1 aliphatic heterocycles. The average molecular weight is 447 g/mol. The number of carboxylic acids is 2. The molecule has 10 heteroatoms. The van der Waals surface area contributed by atoms with Crippen LogP contribution in [0.1, 0.15) is 45.1 Å². The van der Waals surface area contributed by atoms with E-state index < -0.39 is 28.9 Å². The minimum Gasteiger partial charge on any atom is -0.478 e. The van der Waals surface area contributed by atoms with Crippen molar-refractivity contribution in [3.05, 3.63) is 62.5 Å². The number of nitro benzene ring substituents is 1. The van der Waals surface area contributed by atoms with Gasteiger partial charge in [0.1, 0.15) is 0 Å². The molecule has 1 heterocycles. The number of β-amino-alcohol motifs (C(OH)–C–C–N with tert-alkyl or cyclic N) is 1. The molecule has 0 amide bonds. The monoisotopic (exact) mass is 447 g/mol. The number of aliphatic hydroxyl groups is 1. The van der Waals surface area contributed by atoms with Crippen molar-refractivity contribution in [3.63, 3.8) is 0 Å². The van der Waals surface area contributed by atoms with Crippen LogP contribution < -0.4 is 5.32 Å². The Kier molecular flexibility index (Phi) is 8.50. The number of non-ortho nitro benzene ring substituents is 1. The van der Waals surface area contributed by atoms with Crippen LogP contribution in [0.4, 0.5) is 5.69 Å². The molecule has 0 saturated heterocycles. The zero-order chi connectivity index (χ0) is 24.0. The average Bonchev–Trinajstić information content (AvgIpc) is 2.73. The van der Waals surface area contributed by atoms with E-state index in [2.05, 4.69) is 5.32 Å². The van der Waals surface area contributed by atoms with Gasteiger partial charge in [-0.2, -0.15) is 0 Å². The summed E-state index contributed by atoms with van der Waals surface area (Å²) in [5.41, 5.74) is 0.116. The van der Waals surface area contributed by atoms with Crippen molar-refractivity contribution in [2.45, 2.75) is 45.6 Å². The number of hydrogen-bond acceptors (Lipinski definition) is 7. The van der Waals surface area contributed by atoms with Crippen molar-refractivity contribution in [3.8, 4) is 0 Å². The second-order valence-corrected chi connectivity index (χ2v) is 7.72. The number of nitrogens with one attached hydrogen (secondary N) is 1. The summed E-state index contributed by atoms with van der Waals surface area (Å²) in [4.78, 5) is 36.5. The fraction of sp³-hybridized carbons (Fsp3) is 0.455. The standard InChI is InChI=1S/C22H29N3O7/c1-4-5-9-23-11-17(26)12-24-13(2)18(21(27)28)20(19(14(24)3)22(29)30)15-7-6-8-16(10-15)25(31)32/h6-8,10,17,20,23,26H,4-5,9,11-12H2,1-3H3,(H,27,28)(H,29,30). The number of carboxylic acid groups (broad SMARTS) is 2. The summed E-state index contributed by atoms with van der Waals surface area (Å²) >= 11 is 0. The summed E-state index contributed by atoms with van der Waals surface area (Å²) in [6.45, 7) is 6.15. The van der Waals surface area contributed by atoms with E-state index in [0.29, 0.717) is 0 Å². The van der Waals surface area contributed by atoms with Crippen LogP contribution in [-0.2, 0) is 9.59 Å². The van der Waals surface area contributed by atoms with Crippen molar-refractivity contribution in [1.82, 2.24) is 10.2 Å². The van der Waals surface area contributed by atoms with Gasteiger partial charge in [-0.3, -0.25) is 10.1 Å². The number of aliphatic hydroxyl groups excluding tert-OH is 1. The van der Waals surface area contributed by atoms with Crippen molar-refractivity contribution < 1.29 is 29.8 Å². The molecule has 10 nitrogen and oxygen atoms in total. The van der Waals surface area contributed by atoms with E-state index >= 15 is 0 Å². The molecule has 0 aromatic heterocycles. The zero-order valence-electron chi connectivity index (χ0n) is 18.4. The Morgan fingerprint density at radius 3 is 2.28 bits per heavy atom. The zero-order valence-corrected chi connectivity index (χ0v) is 18.4. The molecule has 0 radical (unpaired) electrons. The van der Waals surface area contributed by atoms with E-state index in [9.17, 15) is 35.0 Å². The molecule has 0 saturated carbocycles. The Bertz CT molecular complexity index is 917. The first kappa shape index (κ1) is 25.0. The van der Waals surface area contributed by atoms with Crippen LogP contribution in [0.25, 0.3) is 0 Å². The molecule has 0 aliphatic carbocycles. The van der Waals surface area contributed by atoms with Gasteiger partial charge in [0.15, 0.2) is 0 Å². The fourth-order valence-corrected chi connectivity index (χ4v) is 3.93. The van der Waals surface area contributed by atoms with Crippen LogP contribution in [0.5, 0.6) is 0 Å². The molecule has 1 atom stereocenters. The summed E-state index contributed by atoms with van der Waals surface area (Å²) in [5.74, 6) is -3.85. The van der Waals surface area contributed by atoms with Crippen LogP contribution in [0, 0.1) is 10.1 Å². The number of hydrogen-bond donors (Lipinski definition) is 4. The van der Waals surface area contributed by atoms with Crippen LogP contribution >= 0.6 is 0 Å². The molecule has 0 bridgehead atoms. The van der Waals surface area contributed by atoms with Gasteiger partial charge in [0.05, 0.1) is 28.1 Å². The van der Waals surface area contributed by atoms with Gasteiger partial charge in [-0.05, 0) is 32.4 Å². The molecule has 2 rings (SSSR count). The smallest absolute Gasteiger partial charge is 0.334 e. The fourth-order valence-electron chi connectivity index (χ4n) is 3.93. The first-order chi connectivity index (χ1) is 15.1. The van der Waals surface area contributed by atoms with Crippen molar-refractivity contribution in [1.29, 1.82) is 0 Å². The van der Waals surface area contributed by atoms with E-state index in [-0.39, 0.29) is 46.9 Å². The largest absolute Gasteiger partial charge is 0.478 e. The van der Waals surface area contributed by atoms with Gasteiger partial charge in [-0.15, -0.1) is 0 Å². The minimum atomic E-state index is -1.33. The summed E-state index contributed by atoms with van der Waals surface area (Å²) in [6.07, 6.45) is 1.09. The number of benzene rings is 1. The SMILES string of the molecule is CCCCNCC(O)CN1C(C)=C(C(=O)O)C(c2cccc([N+](=O)[O-])c2)C(C(=O)O)=C1C. The third kappa shape index (κ3) is 5.51. The Morgan fingerprint density at radius 2 is 1.78 bits per heavy atom. The van der Waals surface area contributed by atoms with Gasteiger partial charge < -0.3 is 25.5 Å². The summed E-state index contributed by atoms with van der Waals surface area (Å²) in [6, 6.07) is 5.33. The van der Waals surface area contributed by atoms with Crippen molar-refractivity contribution in [2.75, 3.05) is 19.6 Å². The lowest BCUT2D eigenvalue weighted by atomic mass is 9.79. The number of unbranched alkanes of at least 4 members (excludes halogenated alkanes) is 1. The molecule has 1 aromatic rings. The van der Waals surface area contributed by atoms with E-state index in [1.807, 2.05) is 6.92 Å². The Morgan fingerprint density at radius 1 is 1.19 bits per heavy atom. The van der Waals surface area contributed by atoms with E-state index in [1.165, 1.54) is 29.2 Å². The third-order valence-corrected chi connectivity index (χ3v) is 5.52. The number of nitrogens with zero attached hydrogens (tertiary/aromatic N) is 2. The summed E-state index contributed by atoms with van der Waals surface area (Å²) in [7, 11) is 0. The molecular formula is C22H29N3O7. The topological polar surface area (TPSA) is 153 Å². The molecule has 1 aromatic carbocycles. The maximum absolute atomic E-state index is 12.2. The second kappa shape index (κ2) is 10.9. The first-order valence-electron chi connectivity index (χ1n) is 10.4. The van der Waals surface area contributed by atoms with Crippen molar-refractivity contribution >= 4 is 17.6 Å². The van der Waals surface area contributed by atoms with Gasteiger partial charge in [0.25, 0.3) is 5.69 Å². The maximum atomic E-state index is 12.2. The predicted molar refractivity (Wildman–Crippen MR) is 117 cm³/mol. The van der Waals surface area contributed by atoms with Gasteiger partial charge >= 0.3 is 11.9 Å². The van der Waals surface area contributed by atoms with Crippen LogP contribution in [-0.4, -0.2) is 62.8 Å². The second-order valence-electron chi connectivity index (χ2n) is 7.72. The Balaban J connectivity index is 2.51. The molecule has 0 spiro atoms. The Hall–Kier alpha value is -3.24. The first-order valence-corrected chi connectivity index (χ1v) is 10.4. The lowest BCUT2D eigenvalue weighted by Crippen LogP contribution is -2.41. The van der Waals surface area contributed by atoms with Gasteiger partial charge in [-0.25, -0.2) is 9.59 Å². The molecule has 1 unspecified atom stereocenters. The maximum Gasteiger partial charge on any atom is 0.334 e. The number of nitro groups is 1. The highest BCUT2D eigenvalue weighted by Gasteiger charge is 2.40. The number of aliphatic carboxylic acids is 2. The highest BCUT2D eigenvalue weighted by Crippen LogP contribution is 2.42. The highest BCUT2D eigenvalue weighted by atomic mass is 16.6. The minimum absolute atomic E-state index is 0.00596. The molecule has 32 heavy (non-hydrogen) atoms. The number of carbonyl (C=O) groups is 2. The lowest BCUT2D eigenvalue weighted by Gasteiger charge is -2.38. The molecular weight excluding hydrogens is 418 g/mol. The summed E-state index contributed by atoms with van der Waals surface area (Å²) < 4.78 is 0. The van der Waals surface area contributed by atoms with Crippen LogP contribution in [0.15, 0.2) is 46.8 Å². The number of rotatable bonds is 11. The van der Waals surface area contributed by atoms with E-state index in [4.69, 9.17) is 0 Å². The molecule has 0 fully saturated rings. The molecule has 174 valence electrons. The quantitative estimate of drug-likeness (QED) is 0.227. The highest BCUT2D eigenvalue weighted by molar-refractivity contribution is 5.98. The van der Waals surface area contributed by atoms with Gasteiger partial charge in [-0.1, -0.05) is 25.5 Å². The van der Waals surface area contributed by atoms with Crippen molar-refractivity contribution in [2.24, 2.45) is 0 Å². The molecule has 1 aliphatic rings. The Labute approximate surface area is 186 Å². The van der Waals surface area contributed by atoms with Gasteiger partial charge in [0.2, 0.25) is 0 Å². The molecule has 4 N–H and O–H groups in total. The third-order valence-electron chi connectivity index (χ3n) is 5.52. The van der Waals surface area contributed by atoms with Gasteiger partial charge in [0, 0.05) is 36.6 Å². The lowest BCUT2D eigenvalue weighted by molar-refractivity contribution is -0.384. The van der Waals surface area contributed by atoms with E-state index in [0.717, 1.165) is 19.4 Å². The number of allylic oxidation sites excluding steroid dienone is 2. The van der Waals surface area contributed by atoms with E-state index in [1.54, 1.807) is 13.8 Å². The summed E-state index contributed by atoms with van der Waals surface area (Å²) in [5, 5.41) is 44.7.